The summed E-state index contributed by atoms with van der Waals surface area (Å²) in [5.74, 6) is 0.603. The van der Waals surface area contributed by atoms with Crippen LogP contribution in [-0.2, 0) is 4.74 Å². The number of amides is 1. The summed E-state index contributed by atoms with van der Waals surface area (Å²) in [6, 6.07) is 0.327. The van der Waals surface area contributed by atoms with E-state index in [0.29, 0.717) is 12.0 Å². The fraction of sp³-hybridized carbons (Fsp3) is 0.917. The lowest BCUT2D eigenvalue weighted by atomic mass is 9.95. The lowest BCUT2D eigenvalue weighted by Gasteiger charge is -2.37. The van der Waals surface area contributed by atoms with Crippen molar-refractivity contribution in [3.8, 4) is 0 Å². The van der Waals surface area contributed by atoms with Gasteiger partial charge in [0, 0.05) is 19.1 Å². The smallest absolute Gasteiger partial charge is 0.410 e. The first-order valence-corrected chi connectivity index (χ1v) is 6.16. The Morgan fingerprint density at radius 1 is 1.31 bits per heavy atom. The lowest BCUT2D eigenvalue weighted by Crippen LogP contribution is -2.49. The first-order chi connectivity index (χ1) is 7.46. The van der Waals surface area contributed by atoms with E-state index in [2.05, 4.69) is 5.32 Å². The van der Waals surface area contributed by atoms with Crippen LogP contribution in [0.1, 0.15) is 33.6 Å². The Morgan fingerprint density at radius 3 is 2.75 bits per heavy atom. The number of rotatable bonds is 0. The highest BCUT2D eigenvalue weighted by molar-refractivity contribution is 5.68. The average Bonchev–Trinajstić information content (AvgIpc) is 2.48. The maximum absolute atomic E-state index is 12.0. The first kappa shape index (κ1) is 11.7. The molecule has 0 aromatic carbocycles. The molecule has 3 rings (SSSR count). The third-order valence-electron chi connectivity index (χ3n) is 3.24. The average molecular weight is 226 g/mol. The van der Waals surface area contributed by atoms with Crippen molar-refractivity contribution in [3.05, 3.63) is 0 Å². The molecule has 1 amide bonds. The zero-order chi connectivity index (χ0) is 11.8. The molecule has 2 bridgehead atoms. The van der Waals surface area contributed by atoms with Gasteiger partial charge in [0.1, 0.15) is 5.60 Å². The van der Waals surface area contributed by atoms with Gasteiger partial charge in [0.25, 0.3) is 0 Å². The van der Waals surface area contributed by atoms with Crippen LogP contribution in [0.3, 0.4) is 0 Å². The van der Waals surface area contributed by atoms with E-state index >= 15 is 0 Å². The van der Waals surface area contributed by atoms with E-state index in [1.807, 2.05) is 25.7 Å². The van der Waals surface area contributed by atoms with E-state index in [4.69, 9.17) is 4.74 Å². The molecule has 4 nitrogen and oxygen atoms in total. The summed E-state index contributed by atoms with van der Waals surface area (Å²) in [6.45, 7) is 8.55. The summed E-state index contributed by atoms with van der Waals surface area (Å²) in [5.41, 5.74) is -0.393. The second kappa shape index (κ2) is 4.24. The summed E-state index contributed by atoms with van der Waals surface area (Å²) < 4.78 is 5.44. The van der Waals surface area contributed by atoms with Crippen molar-refractivity contribution in [1.29, 1.82) is 0 Å². The molecule has 3 aliphatic heterocycles. The molecule has 92 valence electrons. The highest BCUT2D eigenvalue weighted by Crippen LogP contribution is 2.25. The minimum Gasteiger partial charge on any atom is -0.444 e. The number of piperidine rings is 1. The quantitative estimate of drug-likeness (QED) is 0.682. The topological polar surface area (TPSA) is 41.6 Å². The molecule has 0 aliphatic carbocycles. The third kappa shape index (κ3) is 2.67. The molecule has 4 heteroatoms. The van der Waals surface area contributed by atoms with Gasteiger partial charge >= 0.3 is 6.09 Å². The van der Waals surface area contributed by atoms with Gasteiger partial charge in [0.05, 0.1) is 0 Å². The molecule has 0 aromatic heterocycles. The van der Waals surface area contributed by atoms with E-state index in [1.165, 1.54) is 6.42 Å². The summed E-state index contributed by atoms with van der Waals surface area (Å²) in [6.07, 6.45) is 2.19. The molecule has 0 saturated carbocycles. The molecule has 3 fully saturated rings. The molecule has 1 N–H and O–H groups in total. The van der Waals surface area contributed by atoms with Crippen molar-refractivity contribution in [2.45, 2.75) is 45.3 Å². The Hall–Kier alpha value is -0.770. The number of carbonyl (C=O) groups excluding carboxylic acids is 1. The number of carbonyl (C=O) groups is 1. The number of ether oxygens (including phenoxy) is 1. The standard InChI is InChI=1S/C12H22N2O2/c1-12(2,3)16-11(15)14-8-9-4-5-10(14)7-13-6-9/h9-10,13H,4-8H2,1-3H3/t9-,10+/m0/s1. The fourth-order valence-electron chi connectivity index (χ4n) is 2.48. The van der Waals surface area contributed by atoms with Crippen molar-refractivity contribution in [3.63, 3.8) is 0 Å². The minimum absolute atomic E-state index is 0.147. The third-order valence-corrected chi connectivity index (χ3v) is 3.24. The van der Waals surface area contributed by atoms with Gasteiger partial charge in [-0.1, -0.05) is 0 Å². The molecule has 2 atom stereocenters. The van der Waals surface area contributed by atoms with E-state index in [1.54, 1.807) is 0 Å². The van der Waals surface area contributed by atoms with Gasteiger partial charge in [-0.3, -0.25) is 0 Å². The maximum atomic E-state index is 12.0. The van der Waals surface area contributed by atoms with Gasteiger partial charge in [-0.05, 0) is 46.1 Å². The largest absolute Gasteiger partial charge is 0.444 e. The van der Waals surface area contributed by atoms with Gasteiger partial charge < -0.3 is 15.0 Å². The summed E-state index contributed by atoms with van der Waals surface area (Å²) >= 11 is 0. The van der Waals surface area contributed by atoms with Gasteiger partial charge in [0.2, 0.25) is 0 Å². The number of nitrogens with zero attached hydrogens (tertiary/aromatic N) is 1. The van der Waals surface area contributed by atoms with Crippen LogP contribution in [0.15, 0.2) is 0 Å². The van der Waals surface area contributed by atoms with Crippen LogP contribution in [0, 0.1) is 5.92 Å². The van der Waals surface area contributed by atoms with Crippen LogP contribution >= 0.6 is 0 Å². The van der Waals surface area contributed by atoms with E-state index < -0.39 is 5.60 Å². The molecular weight excluding hydrogens is 204 g/mol. The summed E-state index contributed by atoms with van der Waals surface area (Å²) in [4.78, 5) is 13.9. The molecule has 3 saturated heterocycles. The predicted octanol–water partition coefficient (Wildman–Crippen LogP) is 1.61. The molecule has 0 spiro atoms. The number of hydrogen-bond donors (Lipinski definition) is 1. The monoisotopic (exact) mass is 226 g/mol. The molecule has 16 heavy (non-hydrogen) atoms. The molecule has 0 unspecified atom stereocenters. The van der Waals surface area contributed by atoms with E-state index in [-0.39, 0.29) is 6.09 Å². The lowest BCUT2D eigenvalue weighted by molar-refractivity contribution is 0.00801. The van der Waals surface area contributed by atoms with Gasteiger partial charge in [-0.15, -0.1) is 0 Å². The van der Waals surface area contributed by atoms with Gasteiger partial charge in [-0.2, -0.15) is 0 Å². The number of hydrogen-bond acceptors (Lipinski definition) is 3. The van der Waals surface area contributed by atoms with E-state index in [9.17, 15) is 4.79 Å². The molecule has 3 heterocycles. The Kier molecular flexibility index (Phi) is 3.10. The van der Waals surface area contributed by atoms with E-state index in [0.717, 1.165) is 26.1 Å². The Labute approximate surface area is 97.3 Å². The van der Waals surface area contributed by atoms with Crippen molar-refractivity contribution < 1.29 is 9.53 Å². The maximum Gasteiger partial charge on any atom is 0.410 e. The number of fused-ring (bicyclic) bond motifs is 4. The van der Waals surface area contributed by atoms with Gasteiger partial charge in [0.15, 0.2) is 0 Å². The zero-order valence-corrected chi connectivity index (χ0v) is 10.5. The second-order valence-electron chi connectivity index (χ2n) is 5.89. The van der Waals surface area contributed by atoms with Gasteiger partial charge in [-0.25, -0.2) is 4.79 Å². The van der Waals surface area contributed by atoms with Crippen LogP contribution in [0.5, 0.6) is 0 Å². The Balaban J connectivity index is 2.01. The van der Waals surface area contributed by atoms with Crippen molar-refractivity contribution in [2.24, 2.45) is 5.92 Å². The van der Waals surface area contributed by atoms with Crippen LogP contribution in [0.2, 0.25) is 0 Å². The second-order valence-corrected chi connectivity index (χ2v) is 5.89. The summed E-state index contributed by atoms with van der Waals surface area (Å²) in [7, 11) is 0. The Morgan fingerprint density at radius 2 is 2.06 bits per heavy atom. The minimum atomic E-state index is -0.393. The van der Waals surface area contributed by atoms with Crippen LogP contribution in [0.4, 0.5) is 4.79 Å². The fourth-order valence-corrected chi connectivity index (χ4v) is 2.48. The first-order valence-electron chi connectivity index (χ1n) is 6.16. The SMILES string of the molecule is CC(C)(C)OC(=O)N1C[C@H]2CC[C@@H]1CNC2. The van der Waals surface area contributed by atoms with Crippen LogP contribution in [-0.4, -0.2) is 42.3 Å². The van der Waals surface area contributed by atoms with Crippen molar-refractivity contribution in [2.75, 3.05) is 19.6 Å². The Bertz CT molecular complexity index is 269. The molecule has 0 aromatic rings. The molecule has 3 aliphatic rings. The predicted molar refractivity (Wildman–Crippen MR) is 62.3 cm³/mol. The highest BCUT2D eigenvalue weighted by atomic mass is 16.6. The zero-order valence-electron chi connectivity index (χ0n) is 10.5. The normalized spacial score (nSPS) is 30.1. The van der Waals surface area contributed by atoms with Crippen molar-refractivity contribution in [1.82, 2.24) is 10.2 Å². The van der Waals surface area contributed by atoms with Crippen LogP contribution < -0.4 is 5.32 Å². The van der Waals surface area contributed by atoms with Crippen molar-refractivity contribution >= 4 is 6.09 Å². The highest BCUT2D eigenvalue weighted by Gasteiger charge is 2.36. The molecular formula is C12H22N2O2. The number of nitrogens with one attached hydrogen (secondary N) is 1. The van der Waals surface area contributed by atoms with Crippen LogP contribution in [0.25, 0.3) is 0 Å². The summed E-state index contributed by atoms with van der Waals surface area (Å²) in [5, 5.41) is 3.41. The molecule has 0 radical (unpaired) electrons.